The summed E-state index contributed by atoms with van der Waals surface area (Å²) in [5, 5.41) is 9.13. The molecule has 2 aromatic rings. The van der Waals surface area contributed by atoms with Gasteiger partial charge in [-0.15, -0.1) is 0 Å². The Hall–Kier alpha value is -1.55. The predicted molar refractivity (Wildman–Crippen MR) is 80.1 cm³/mol. The second-order valence-corrected chi connectivity index (χ2v) is 5.81. The molecular weight excluding hydrogens is 274 g/mol. The van der Waals surface area contributed by atoms with E-state index in [4.69, 9.17) is 11.6 Å². The van der Waals surface area contributed by atoms with Crippen LogP contribution in [0.3, 0.4) is 0 Å². The van der Waals surface area contributed by atoms with Crippen molar-refractivity contribution in [2.75, 3.05) is 6.54 Å². The molecule has 1 aromatic carbocycles. The van der Waals surface area contributed by atoms with Crippen molar-refractivity contribution < 1.29 is 4.79 Å². The number of hydrogen-bond donors (Lipinski definition) is 1. The van der Waals surface area contributed by atoms with Crippen LogP contribution in [0.5, 0.6) is 0 Å². The summed E-state index contributed by atoms with van der Waals surface area (Å²) in [4.78, 5) is 11.0. The lowest BCUT2D eigenvalue weighted by atomic mass is 9.95. The Morgan fingerprint density at radius 2 is 2.35 bits per heavy atom. The van der Waals surface area contributed by atoms with Crippen LogP contribution < -0.4 is 5.32 Å². The molecule has 1 amide bonds. The third-order valence-corrected chi connectivity index (χ3v) is 4.53. The van der Waals surface area contributed by atoms with E-state index in [-0.39, 0.29) is 5.91 Å². The lowest BCUT2D eigenvalue weighted by Gasteiger charge is -2.13. The summed E-state index contributed by atoms with van der Waals surface area (Å²) in [6, 6.07) is 4.22. The number of amides is 1. The molecule has 0 bridgehead atoms. The Balaban J connectivity index is 1.96. The molecule has 20 heavy (non-hydrogen) atoms. The number of hydrogen-bond acceptors (Lipinski definition) is 2. The number of nitrogens with zero attached hydrogens (tertiary/aromatic N) is 2. The fourth-order valence-corrected chi connectivity index (χ4v) is 3.42. The van der Waals surface area contributed by atoms with Crippen molar-refractivity contribution in [3.05, 3.63) is 28.4 Å². The Morgan fingerprint density at radius 3 is 3.10 bits per heavy atom. The maximum atomic E-state index is 11.0. The summed E-state index contributed by atoms with van der Waals surface area (Å²) in [6.45, 7) is 2.27. The van der Waals surface area contributed by atoms with Crippen LogP contribution in [-0.2, 0) is 18.3 Å². The molecule has 1 aliphatic carbocycles. The first-order valence-corrected chi connectivity index (χ1v) is 7.34. The second kappa shape index (κ2) is 5.09. The third kappa shape index (κ3) is 2.18. The highest BCUT2D eigenvalue weighted by Crippen LogP contribution is 2.42. The Morgan fingerprint density at radius 1 is 1.55 bits per heavy atom. The molecule has 0 fully saturated rings. The minimum absolute atomic E-state index is 0.0286. The van der Waals surface area contributed by atoms with Crippen molar-refractivity contribution in [3.8, 4) is 0 Å². The molecule has 5 heteroatoms. The Bertz CT molecular complexity index is 677. The Labute approximate surface area is 123 Å². The fraction of sp³-hybridized carbons (Fsp3) is 0.467. The zero-order valence-corrected chi connectivity index (χ0v) is 12.5. The molecule has 1 atom stereocenters. The van der Waals surface area contributed by atoms with Gasteiger partial charge in [0.25, 0.3) is 0 Å². The van der Waals surface area contributed by atoms with E-state index < -0.39 is 0 Å². The van der Waals surface area contributed by atoms with Gasteiger partial charge >= 0.3 is 0 Å². The van der Waals surface area contributed by atoms with Gasteiger partial charge in [-0.25, -0.2) is 0 Å². The first kappa shape index (κ1) is 13.4. The van der Waals surface area contributed by atoms with Crippen LogP contribution in [0.15, 0.2) is 12.1 Å². The molecule has 0 radical (unpaired) electrons. The minimum atomic E-state index is 0.0286. The number of aromatic nitrogens is 2. The van der Waals surface area contributed by atoms with Crippen LogP contribution in [0.4, 0.5) is 0 Å². The van der Waals surface area contributed by atoms with Gasteiger partial charge in [-0.1, -0.05) is 17.7 Å². The SMILES string of the molecule is CC(=O)NCC[C@@H]1CCc2ccc3nn(C)c(Cl)c3c21. The number of halogens is 1. The van der Waals surface area contributed by atoms with Gasteiger partial charge in [0, 0.05) is 25.9 Å². The average Bonchev–Trinajstić information content (AvgIpc) is 2.92. The third-order valence-electron chi connectivity index (χ3n) is 4.10. The van der Waals surface area contributed by atoms with Crippen LogP contribution in [0.1, 0.15) is 36.8 Å². The van der Waals surface area contributed by atoms with Gasteiger partial charge in [0.1, 0.15) is 5.15 Å². The molecule has 0 saturated carbocycles. The van der Waals surface area contributed by atoms with E-state index in [2.05, 4.69) is 22.5 Å². The van der Waals surface area contributed by atoms with E-state index in [1.807, 2.05) is 7.05 Å². The summed E-state index contributed by atoms with van der Waals surface area (Å²) in [5.41, 5.74) is 3.67. The zero-order chi connectivity index (χ0) is 14.3. The van der Waals surface area contributed by atoms with E-state index in [0.717, 1.165) is 30.2 Å². The maximum Gasteiger partial charge on any atom is 0.216 e. The highest BCUT2D eigenvalue weighted by molar-refractivity contribution is 6.34. The number of benzene rings is 1. The normalized spacial score (nSPS) is 17.4. The molecule has 1 heterocycles. The van der Waals surface area contributed by atoms with Gasteiger partial charge in [0.15, 0.2) is 0 Å². The van der Waals surface area contributed by atoms with E-state index in [1.54, 1.807) is 11.6 Å². The average molecular weight is 292 g/mol. The van der Waals surface area contributed by atoms with Gasteiger partial charge in [0.2, 0.25) is 5.91 Å². The molecule has 0 unspecified atom stereocenters. The predicted octanol–water partition coefficient (Wildman–Crippen LogP) is 2.78. The molecule has 0 saturated heterocycles. The minimum Gasteiger partial charge on any atom is -0.356 e. The van der Waals surface area contributed by atoms with E-state index in [1.165, 1.54) is 11.1 Å². The van der Waals surface area contributed by atoms with Gasteiger partial charge < -0.3 is 5.32 Å². The fourth-order valence-electron chi connectivity index (χ4n) is 3.19. The quantitative estimate of drug-likeness (QED) is 0.945. The molecule has 4 nitrogen and oxygen atoms in total. The largest absolute Gasteiger partial charge is 0.356 e. The topological polar surface area (TPSA) is 46.9 Å². The number of rotatable bonds is 3. The molecule has 0 spiro atoms. The Kier molecular flexibility index (Phi) is 3.42. The van der Waals surface area contributed by atoms with Gasteiger partial charge in [-0.3, -0.25) is 9.48 Å². The monoisotopic (exact) mass is 291 g/mol. The molecular formula is C15H18ClN3O. The van der Waals surface area contributed by atoms with Crippen LogP contribution in [0, 0.1) is 0 Å². The van der Waals surface area contributed by atoms with Gasteiger partial charge in [-0.2, -0.15) is 5.10 Å². The summed E-state index contributed by atoms with van der Waals surface area (Å²) in [5.74, 6) is 0.489. The van der Waals surface area contributed by atoms with Gasteiger partial charge in [0.05, 0.1) is 5.52 Å². The highest BCUT2D eigenvalue weighted by Gasteiger charge is 2.27. The number of carbonyl (C=O) groups is 1. The van der Waals surface area contributed by atoms with Crippen LogP contribution in [0.2, 0.25) is 5.15 Å². The highest BCUT2D eigenvalue weighted by atomic mass is 35.5. The van der Waals surface area contributed by atoms with Gasteiger partial charge in [-0.05, 0) is 42.4 Å². The number of carbonyl (C=O) groups excluding carboxylic acids is 1. The molecule has 3 rings (SSSR count). The van der Waals surface area contributed by atoms with Crippen molar-refractivity contribution >= 4 is 28.4 Å². The first-order valence-electron chi connectivity index (χ1n) is 6.96. The van der Waals surface area contributed by atoms with Crippen molar-refractivity contribution in [1.29, 1.82) is 0 Å². The molecule has 1 N–H and O–H groups in total. The van der Waals surface area contributed by atoms with Crippen molar-refractivity contribution in [2.45, 2.75) is 32.1 Å². The van der Waals surface area contributed by atoms with Crippen molar-refractivity contribution in [1.82, 2.24) is 15.1 Å². The van der Waals surface area contributed by atoms with E-state index in [9.17, 15) is 4.79 Å². The van der Waals surface area contributed by atoms with Crippen LogP contribution in [-0.4, -0.2) is 22.2 Å². The smallest absolute Gasteiger partial charge is 0.216 e. The first-order chi connectivity index (χ1) is 9.58. The number of fused-ring (bicyclic) bond motifs is 3. The zero-order valence-electron chi connectivity index (χ0n) is 11.7. The van der Waals surface area contributed by atoms with Crippen molar-refractivity contribution in [2.24, 2.45) is 7.05 Å². The van der Waals surface area contributed by atoms with Crippen LogP contribution in [0.25, 0.3) is 10.9 Å². The standard InChI is InChI=1S/C15H18ClN3O/c1-9(20)17-8-7-11-4-3-10-5-6-12-14(13(10)11)15(16)19(2)18-12/h5-6,11H,3-4,7-8H2,1-2H3,(H,17,20)/t11-/m0/s1. The summed E-state index contributed by atoms with van der Waals surface area (Å²) in [7, 11) is 1.87. The molecule has 1 aromatic heterocycles. The second-order valence-electron chi connectivity index (χ2n) is 5.45. The van der Waals surface area contributed by atoms with Crippen LogP contribution >= 0.6 is 11.6 Å². The molecule has 0 aliphatic heterocycles. The summed E-state index contributed by atoms with van der Waals surface area (Å²) >= 11 is 6.41. The van der Waals surface area contributed by atoms with Crippen molar-refractivity contribution in [3.63, 3.8) is 0 Å². The maximum absolute atomic E-state index is 11.0. The molecule has 106 valence electrons. The van der Waals surface area contributed by atoms with E-state index in [0.29, 0.717) is 17.6 Å². The lowest BCUT2D eigenvalue weighted by molar-refractivity contribution is -0.118. The number of aryl methyl sites for hydroxylation is 2. The summed E-state index contributed by atoms with van der Waals surface area (Å²) < 4.78 is 1.73. The number of nitrogens with one attached hydrogen (secondary N) is 1. The lowest BCUT2D eigenvalue weighted by Crippen LogP contribution is -2.22. The van der Waals surface area contributed by atoms with E-state index >= 15 is 0 Å². The summed E-state index contributed by atoms with van der Waals surface area (Å²) in [6.07, 6.45) is 3.16. The molecule has 1 aliphatic rings.